The third kappa shape index (κ3) is 1.92. The maximum absolute atomic E-state index is 12.4. The molecule has 2 rings (SSSR count). The van der Waals surface area contributed by atoms with E-state index in [1.807, 2.05) is 0 Å². The van der Waals surface area contributed by atoms with Gasteiger partial charge in [-0.25, -0.2) is 4.79 Å². The van der Waals surface area contributed by atoms with Gasteiger partial charge in [-0.1, -0.05) is 6.42 Å². The minimum Gasteiger partial charge on any atom is -0.480 e. The van der Waals surface area contributed by atoms with Gasteiger partial charge in [-0.2, -0.15) is 0 Å². The zero-order valence-electron chi connectivity index (χ0n) is 10.2. The van der Waals surface area contributed by atoms with Crippen LogP contribution >= 0.6 is 0 Å². The van der Waals surface area contributed by atoms with E-state index >= 15 is 0 Å². The van der Waals surface area contributed by atoms with Crippen LogP contribution in [0.5, 0.6) is 0 Å². The highest BCUT2D eigenvalue weighted by Gasteiger charge is 2.48. The average molecular weight is 240 g/mol. The summed E-state index contributed by atoms with van der Waals surface area (Å²) in [7, 11) is 0. The number of hydrogen-bond donors (Lipinski definition) is 2. The predicted octanol–water partition coefficient (Wildman–Crippen LogP) is 0.579. The van der Waals surface area contributed by atoms with Gasteiger partial charge < -0.3 is 15.7 Å². The highest BCUT2D eigenvalue weighted by atomic mass is 16.4. The monoisotopic (exact) mass is 240 g/mol. The number of rotatable bonds is 2. The van der Waals surface area contributed by atoms with Crippen LogP contribution in [0.3, 0.4) is 0 Å². The number of carboxylic acids is 1. The van der Waals surface area contributed by atoms with E-state index in [-0.39, 0.29) is 17.9 Å². The molecule has 3 atom stereocenters. The van der Waals surface area contributed by atoms with Crippen LogP contribution in [0, 0.1) is 5.92 Å². The van der Waals surface area contributed by atoms with Crippen LogP contribution in [-0.2, 0) is 9.59 Å². The molecule has 2 aliphatic rings. The zero-order chi connectivity index (χ0) is 12.6. The van der Waals surface area contributed by atoms with Crippen LogP contribution in [0.2, 0.25) is 0 Å². The summed E-state index contributed by atoms with van der Waals surface area (Å²) >= 11 is 0. The summed E-state index contributed by atoms with van der Waals surface area (Å²) < 4.78 is 0. The Morgan fingerprint density at radius 3 is 2.59 bits per heavy atom. The molecule has 1 amide bonds. The molecule has 0 aromatic heterocycles. The van der Waals surface area contributed by atoms with E-state index in [1.54, 1.807) is 6.92 Å². The van der Waals surface area contributed by atoms with Gasteiger partial charge in [0.1, 0.15) is 5.54 Å². The lowest BCUT2D eigenvalue weighted by molar-refractivity contribution is -0.157. The second-order valence-corrected chi connectivity index (χ2v) is 5.37. The van der Waals surface area contributed by atoms with Crippen molar-refractivity contribution in [3.63, 3.8) is 0 Å². The highest BCUT2D eigenvalue weighted by Crippen LogP contribution is 2.34. The van der Waals surface area contributed by atoms with Crippen molar-refractivity contribution in [2.75, 3.05) is 6.54 Å². The quantitative estimate of drug-likeness (QED) is 0.739. The second kappa shape index (κ2) is 4.29. The maximum Gasteiger partial charge on any atom is 0.329 e. The number of likely N-dealkylation sites (tertiary alicyclic amines) is 1. The smallest absolute Gasteiger partial charge is 0.329 e. The van der Waals surface area contributed by atoms with Crippen LogP contribution in [0.15, 0.2) is 0 Å². The normalized spacial score (nSPS) is 37.4. The summed E-state index contributed by atoms with van der Waals surface area (Å²) in [5, 5.41) is 9.28. The van der Waals surface area contributed by atoms with Crippen molar-refractivity contribution >= 4 is 11.9 Å². The van der Waals surface area contributed by atoms with Gasteiger partial charge >= 0.3 is 5.97 Å². The molecule has 3 N–H and O–H groups in total. The summed E-state index contributed by atoms with van der Waals surface area (Å²) in [6.45, 7) is 2.19. The first kappa shape index (κ1) is 12.4. The first-order valence-corrected chi connectivity index (χ1v) is 6.27. The first-order valence-electron chi connectivity index (χ1n) is 6.27. The Kier molecular flexibility index (Phi) is 3.12. The molecule has 0 aromatic carbocycles. The van der Waals surface area contributed by atoms with Crippen molar-refractivity contribution in [3.05, 3.63) is 0 Å². The number of nitrogens with two attached hydrogens (primary N) is 1. The number of amides is 1. The van der Waals surface area contributed by atoms with E-state index in [0.717, 1.165) is 25.7 Å². The Morgan fingerprint density at radius 1 is 1.35 bits per heavy atom. The largest absolute Gasteiger partial charge is 0.480 e. The fourth-order valence-corrected chi connectivity index (χ4v) is 3.03. The lowest BCUT2D eigenvalue weighted by atomic mass is 9.96. The Labute approximate surface area is 101 Å². The first-order chi connectivity index (χ1) is 7.97. The molecule has 1 heterocycles. The van der Waals surface area contributed by atoms with Gasteiger partial charge in [0.25, 0.3) is 0 Å². The summed E-state index contributed by atoms with van der Waals surface area (Å²) in [4.78, 5) is 25.2. The number of carbonyl (C=O) groups is 2. The van der Waals surface area contributed by atoms with Gasteiger partial charge in [-0.05, 0) is 32.6 Å². The van der Waals surface area contributed by atoms with Gasteiger partial charge in [0.05, 0.1) is 5.92 Å². The Morgan fingerprint density at radius 2 is 2.06 bits per heavy atom. The fourth-order valence-electron chi connectivity index (χ4n) is 3.03. The molecule has 0 bridgehead atoms. The van der Waals surface area contributed by atoms with Crippen LogP contribution < -0.4 is 5.73 Å². The minimum absolute atomic E-state index is 0.0580. The number of carboxylic acid groups (broad SMARTS) is 1. The molecular weight excluding hydrogens is 220 g/mol. The number of aliphatic carboxylic acids is 1. The van der Waals surface area contributed by atoms with E-state index in [1.165, 1.54) is 4.90 Å². The van der Waals surface area contributed by atoms with Crippen molar-refractivity contribution in [1.82, 2.24) is 4.90 Å². The molecule has 5 nitrogen and oxygen atoms in total. The molecule has 17 heavy (non-hydrogen) atoms. The fraction of sp³-hybridized carbons (Fsp3) is 0.833. The predicted molar refractivity (Wildman–Crippen MR) is 62.3 cm³/mol. The SMILES string of the molecule is CC1(C(=O)O)CCCN1C(=O)C1CCCC1N. The van der Waals surface area contributed by atoms with Gasteiger partial charge in [-0.15, -0.1) is 0 Å². The topological polar surface area (TPSA) is 83.6 Å². The lowest BCUT2D eigenvalue weighted by Gasteiger charge is -2.34. The molecule has 3 unspecified atom stereocenters. The van der Waals surface area contributed by atoms with Crippen LogP contribution in [0.25, 0.3) is 0 Å². The maximum atomic E-state index is 12.4. The third-order valence-corrected chi connectivity index (χ3v) is 4.25. The van der Waals surface area contributed by atoms with E-state index in [4.69, 9.17) is 5.73 Å². The molecule has 0 aromatic rings. The van der Waals surface area contributed by atoms with E-state index in [2.05, 4.69) is 0 Å². The molecule has 1 saturated heterocycles. The summed E-state index contributed by atoms with van der Waals surface area (Å²) in [5.41, 5.74) is 4.89. The number of hydrogen-bond acceptors (Lipinski definition) is 3. The van der Waals surface area contributed by atoms with Crippen LogP contribution in [0.1, 0.15) is 39.0 Å². The number of nitrogens with zero attached hydrogens (tertiary/aromatic N) is 1. The van der Waals surface area contributed by atoms with E-state index in [0.29, 0.717) is 13.0 Å². The Balaban J connectivity index is 2.16. The van der Waals surface area contributed by atoms with E-state index < -0.39 is 11.5 Å². The Bertz CT molecular complexity index is 345. The third-order valence-electron chi connectivity index (χ3n) is 4.25. The van der Waals surface area contributed by atoms with Crippen LogP contribution in [0.4, 0.5) is 0 Å². The van der Waals surface area contributed by atoms with Crippen LogP contribution in [-0.4, -0.2) is 40.0 Å². The standard InChI is InChI=1S/C12H20N2O3/c1-12(11(16)17)6-3-7-14(12)10(15)8-4-2-5-9(8)13/h8-9H,2-7,13H2,1H3,(H,16,17). The van der Waals surface area contributed by atoms with Gasteiger partial charge in [0.2, 0.25) is 5.91 Å². The molecule has 0 radical (unpaired) electrons. The second-order valence-electron chi connectivity index (χ2n) is 5.37. The molecule has 96 valence electrons. The molecule has 1 aliphatic heterocycles. The lowest BCUT2D eigenvalue weighted by Crippen LogP contribution is -2.54. The van der Waals surface area contributed by atoms with E-state index in [9.17, 15) is 14.7 Å². The molecule has 1 saturated carbocycles. The van der Waals surface area contributed by atoms with Crippen molar-refractivity contribution in [2.45, 2.75) is 50.6 Å². The molecule has 1 aliphatic carbocycles. The van der Waals surface area contributed by atoms with Crippen molar-refractivity contribution in [1.29, 1.82) is 0 Å². The van der Waals surface area contributed by atoms with Gasteiger partial charge in [0.15, 0.2) is 0 Å². The van der Waals surface area contributed by atoms with Crippen molar-refractivity contribution < 1.29 is 14.7 Å². The molecular formula is C12H20N2O3. The summed E-state index contributed by atoms with van der Waals surface area (Å²) in [6, 6.07) is -0.0962. The van der Waals surface area contributed by atoms with Crippen molar-refractivity contribution in [2.24, 2.45) is 11.7 Å². The zero-order valence-corrected chi connectivity index (χ0v) is 10.2. The highest BCUT2D eigenvalue weighted by molar-refractivity contribution is 5.89. The van der Waals surface area contributed by atoms with Gasteiger partial charge in [-0.3, -0.25) is 4.79 Å². The Hall–Kier alpha value is -1.10. The molecule has 5 heteroatoms. The molecule has 0 spiro atoms. The average Bonchev–Trinajstić information content (AvgIpc) is 2.84. The summed E-state index contributed by atoms with van der Waals surface area (Å²) in [5.74, 6) is -1.14. The summed E-state index contributed by atoms with van der Waals surface area (Å²) in [6.07, 6.45) is 3.93. The van der Waals surface area contributed by atoms with Crippen molar-refractivity contribution in [3.8, 4) is 0 Å². The minimum atomic E-state index is -1.03. The molecule has 2 fully saturated rings. The number of carbonyl (C=O) groups excluding carboxylic acids is 1. The van der Waals surface area contributed by atoms with Gasteiger partial charge in [0, 0.05) is 12.6 Å².